The van der Waals surface area contributed by atoms with Crippen LogP contribution < -0.4 is 0 Å². The van der Waals surface area contributed by atoms with Crippen LogP contribution in [0.25, 0.3) is 0 Å². The molecule has 3 nitrogen and oxygen atoms in total. The van der Waals surface area contributed by atoms with Gasteiger partial charge in [-0.1, -0.05) is 13.3 Å². The number of hydrogen-bond acceptors (Lipinski definition) is 3. The average molecular weight is 190 g/mol. The van der Waals surface area contributed by atoms with Crippen molar-refractivity contribution in [3.8, 4) is 0 Å². The van der Waals surface area contributed by atoms with E-state index in [1.165, 1.54) is 0 Å². The van der Waals surface area contributed by atoms with Gasteiger partial charge in [0, 0.05) is 12.8 Å². The molecular weight excluding hydrogens is 175 g/mol. The van der Waals surface area contributed by atoms with Crippen LogP contribution in [0.2, 0.25) is 0 Å². The van der Waals surface area contributed by atoms with Gasteiger partial charge in [-0.15, -0.1) is 0 Å². The van der Waals surface area contributed by atoms with Crippen LogP contribution in [0.1, 0.15) is 39.0 Å². The van der Waals surface area contributed by atoms with E-state index in [9.17, 15) is 9.36 Å². The minimum absolute atomic E-state index is 0.249. The normalized spacial score (nSPS) is 10.4. The number of ketones is 1. The second-order valence-corrected chi connectivity index (χ2v) is 3.02. The molecule has 0 aromatic carbocycles. The average Bonchev–Trinajstić information content (AvgIpc) is 2.10. The van der Waals surface area contributed by atoms with Crippen molar-refractivity contribution in [3.05, 3.63) is 0 Å². The van der Waals surface area contributed by atoms with E-state index in [0.717, 1.165) is 19.3 Å². The molecule has 0 aliphatic heterocycles. The molecule has 0 unspecified atom stereocenters. The summed E-state index contributed by atoms with van der Waals surface area (Å²) in [6.45, 7) is 2.40. The Morgan fingerprint density at radius 1 is 1.33 bits per heavy atom. The van der Waals surface area contributed by atoms with E-state index in [2.05, 4.69) is 4.52 Å². The molecule has 0 spiro atoms. The first kappa shape index (κ1) is 11.7. The van der Waals surface area contributed by atoms with Gasteiger partial charge in [-0.3, -0.25) is 9.32 Å². The largest absolute Gasteiger partial charge is 0.327 e. The van der Waals surface area contributed by atoms with Crippen LogP contribution in [0.5, 0.6) is 0 Å². The van der Waals surface area contributed by atoms with E-state index in [-0.39, 0.29) is 8.69 Å². The third-order valence-corrected chi connectivity index (χ3v) is 1.93. The summed E-state index contributed by atoms with van der Waals surface area (Å²) in [6, 6.07) is 0. The molecule has 0 aliphatic rings. The lowest BCUT2D eigenvalue weighted by Crippen LogP contribution is -1.94. The van der Waals surface area contributed by atoms with Crippen molar-refractivity contribution >= 4 is 14.5 Å². The smallest absolute Gasteiger partial charge is 0.300 e. The quantitative estimate of drug-likeness (QED) is 0.436. The van der Waals surface area contributed by atoms with Gasteiger partial charge in [-0.25, -0.2) is 4.57 Å². The zero-order valence-electron chi connectivity index (χ0n) is 7.41. The first-order valence-electron chi connectivity index (χ1n) is 4.27. The van der Waals surface area contributed by atoms with Crippen molar-refractivity contribution in [2.45, 2.75) is 39.0 Å². The van der Waals surface area contributed by atoms with Gasteiger partial charge in [0.05, 0.1) is 6.61 Å². The number of hydrogen-bond donors (Lipinski definition) is 0. The van der Waals surface area contributed by atoms with Crippen molar-refractivity contribution in [3.63, 3.8) is 0 Å². The zero-order valence-corrected chi connectivity index (χ0v) is 8.31. The molecule has 12 heavy (non-hydrogen) atoms. The van der Waals surface area contributed by atoms with Gasteiger partial charge in [0.1, 0.15) is 5.78 Å². The first-order chi connectivity index (χ1) is 5.81. The second-order valence-electron chi connectivity index (χ2n) is 2.61. The summed E-state index contributed by atoms with van der Waals surface area (Å²) >= 11 is 0. The topological polar surface area (TPSA) is 43.4 Å². The van der Waals surface area contributed by atoms with Gasteiger partial charge in [-0.2, -0.15) is 0 Å². The summed E-state index contributed by atoms with van der Waals surface area (Å²) in [5.74, 6) is 0.317. The summed E-state index contributed by atoms with van der Waals surface area (Å²) in [4.78, 5) is 10.8. The summed E-state index contributed by atoms with van der Waals surface area (Å²) in [5.41, 5.74) is 0. The number of unbranched alkanes of at least 4 members (excludes halogenated alkanes) is 2. The highest BCUT2D eigenvalue weighted by Gasteiger charge is 1.97. The molecule has 4 heteroatoms. The summed E-state index contributed by atoms with van der Waals surface area (Å²) in [5, 5.41) is 0. The fourth-order valence-electron chi connectivity index (χ4n) is 0.880. The lowest BCUT2D eigenvalue weighted by molar-refractivity contribution is -0.118. The molecule has 0 heterocycles. The molecule has 0 amide bonds. The van der Waals surface area contributed by atoms with E-state index in [4.69, 9.17) is 0 Å². The SMILES string of the molecule is CCC(=O)CCCCCOP=O. The predicted octanol–water partition coefficient (Wildman–Crippen LogP) is 2.75. The Hall–Kier alpha value is -0.270. The minimum atomic E-state index is -0.249. The highest BCUT2D eigenvalue weighted by atomic mass is 31.1. The van der Waals surface area contributed by atoms with Gasteiger partial charge < -0.3 is 0 Å². The zero-order chi connectivity index (χ0) is 9.23. The predicted molar refractivity (Wildman–Crippen MR) is 47.3 cm³/mol. The molecule has 0 N–H and O–H groups in total. The number of carbonyl (C=O) groups is 1. The van der Waals surface area contributed by atoms with Crippen LogP contribution in [0, 0.1) is 0 Å². The molecule has 0 aromatic heterocycles. The summed E-state index contributed by atoms with van der Waals surface area (Å²) in [6.07, 6.45) is 4.08. The van der Waals surface area contributed by atoms with E-state index < -0.39 is 0 Å². The molecule has 0 atom stereocenters. The highest BCUT2D eigenvalue weighted by Crippen LogP contribution is 2.04. The van der Waals surface area contributed by atoms with Crippen LogP contribution in [0.3, 0.4) is 0 Å². The van der Waals surface area contributed by atoms with Crippen LogP contribution in [-0.4, -0.2) is 12.4 Å². The third-order valence-electron chi connectivity index (χ3n) is 1.64. The highest BCUT2D eigenvalue weighted by molar-refractivity contribution is 7.17. The molecule has 0 aromatic rings. The Morgan fingerprint density at radius 3 is 2.67 bits per heavy atom. The van der Waals surface area contributed by atoms with Crippen LogP contribution in [0.4, 0.5) is 0 Å². The van der Waals surface area contributed by atoms with Crippen molar-refractivity contribution in [1.29, 1.82) is 0 Å². The monoisotopic (exact) mass is 190 g/mol. The Morgan fingerprint density at radius 2 is 2.08 bits per heavy atom. The van der Waals surface area contributed by atoms with Crippen LogP contribution in [-0.2, 0) is 13.9 Å². The Bertz CT molecular complexity index is 136. The van der Waals surface area contributed by atoms with Crippen molar-refractivity contribution in [2.24, 2.45) is 0 Å². The third kappa shape index (κ3) is 7.83. The van der Waals surface area contributed by atoms with Crippen LogP contribution >= 0.6 is 8.69 Å². The Balaban J connectivity index is 3.00. The molecule has 0 bridgehead atoms. The fourth-order valence-corrected chi connectivity index (χ4v) is 1.08. The molecule has 70 valence electrons. The molecule has 0 fully saturated rings. The summed E-state index contributed by atoms with van der Waals surface area (Å²) < 4.78 is 14.4. The van der Waals surface area contributed by atoms with E-state index in [1.807, 2.05) is 6.92 Å². The molecule has 0 rings (SSSR count). The number of Topliss-reactive ketones (excluding diaryl/α,β-unsaturated/α-hetero) is 1. The van der Waals surface area contributed by atoms with E-state index >= 15 is 0 Å². The molecule has 0 aliphatic carbocycles. The molecular formula is C8H15O3P. The maximum Gasteiger partial charge on any atom is 0.327 e. The summed E-state index contributed by atoms with van der Waals surface area (Å²) in [7, 11) is -0.249. The van der Waals surface area contributed by atoms with E-state index in [1.54, 1.807) is 0 Å². The maximum atomic E-state index is 10.8. The lowest BCUT2D eigenvalue weighted by atomic mass is 10.1. The lowest BCUT2D eigenvalue weighted by Gasteiger charge is -1.97. The van der Waals surface area contributed by atoms with Gasteiger partial charge in [0.2, 0.25) is 0 Å². The van der Waals surface area contributed by atoms with Gasteiger partial charge in [0.25, 0.3) is 0 Å². The van der Waals surface area contributed by atoms with Crippen molar-refractivity contribution in [2.75, 3.05) is 6.61 Å². The Labute approximate surface area is 74.8 Å². The number of rotatable bonds is 8. The molecule has 0 saturated heterocycles. The second kappa shape index (κ2) is 8.82. The molecule has 0 radical (unpaired) electrons. The minimum Gasteiger partial charge on any atom is -0.300 e. The van der Waals surface area contributed by atoms with Gasteiger partial charge >= 0.3 is 8.69 Å². The first-order valence-corrected chi connectivity index (χ1v) is 5.00. The van der Waals surface area contributed by atoms with Crippen molar-refractivity contribution < 1.29 is 13.9 Å². The van der Waals surface area contributed by atoms with E-state index in [0.29, 0.717) is 25.2 Å². The van der Waals surface area contributed by atoms with Crippen LogP contribution in [0.15, 0.2) is 0 Å². The number of carbonyl (C=O) groups excluding carboxylic acids is 1. The van der Waals surface area contributed by atoms with Gasteiger partial charge in [0.15, 0.2) is 0 Å². The Kier molecular flexibility index (Phi) is 8.62. The van der Waals surface area contributed by atoms with Crippen molar-refractivity contribution in [1.82, 2.24) is 0 Å². The fraction of sp³-hybridized carbons (Fsp3) is 0.875. The molecule has 0 saturated carbocycles. The maximum absolute atomic E-state index is 10.8. The van der Waals surface area contributed by atoms with Gasteiger partial charge in [-0.05, 0) is 12.8 Å². The standard InChI is InChI=1S/C8H15O3P/c1-2-8(9)6-4-3-5-7-11-12-10/h2-7H2,1H3.